The SMILES string of the molecule is CCCCCCCCCCCCCCCCN(CCCCCCCCCCCCCCCC)Cc1cccc(CN)c1. The van der Waals surface area contributed by atoms with E-state index in [-0.39, 0.29) is 0 Å². The minimum Gasteiger partial charge on any atom is -0.326 e. The number of benzene rings is 1. The van der Waals surface area contributed by atoms with Crippen molar-refractivity contribution in [2.75, 3.05) is 13.1 Å². The summed E-state index contributed by atoms with van der Waals surface area (Å²) in [7, 11) is 0. The molecule has 1 aromatic rings. The Bertz CT molecular complexity index is 625. The first-order valence-electron chi connectivity index (χ1n) is 19.3. The van der Waals surface area contributed by atoms with Crippen molar-refractivity contribution in [2.45, 2.75) is 207 Å². The number of nitrogens with zero attached hydrogens (tertiary/aromatic N) is 1. The Labute approximate surface area is 265 Å². The van der Waals surface area contributed by atoms with Crippen LogP contribution in [0.1, 0.15) is 205 Å². The van der Waals surface area contributed by atoms with Gasteiger partial charge in [0.25, 0.3) is 0 Å². The van der Waals surface area contributed by atoms with Gasteiger partial charge in [-0.3, -0.25) is 4.90 Å². The van der Waals surface area contributed by atoms with Gasteiger partial charge >= 0.3 is 0 Å². The molecule has 0 aliphatic heterocycles. The Morgan fingerprint density at radius 1 is 0.429 bits per heavy atom. The quantitative estimate of drug-likeness (QED) is 0.0832. The Hall–Kier alpha value is -0.860. The largest absolute Gasteiger partial charge is 0.326 e. The maximum Gasteiger partial charge on any atom is 0.0233 e. The zero-order chi connectivity index (χ0) is 30.2. The molecular weight excluding hydrogens is 508 g/mol. The Morgan fingerprint density at radius 3 is 1.07 bits per heavy atom. The van der Waals surface area contributed by atoms with E-state index in [4.69, 9.17) is 5.73 Å². The molecule has 0 saturated carbocycles. The van der Waals surface area contributed by atoms with E-state index in [9.17, 15) is 0 Å². The maximum atomic E-state index is 5.92. The average molecular weight is 585 g/mol. The van der Waals surface area contributed by atoms with E-state index in [0.29, 0.717) is 6.54 Å². The topological polar surface area (TPSA) is 29.3 Å². The van der Waals surface area contributed by atoms with Gasteiger partial charge < -0.3 is 5.73 Å². The molecule has 2 N–H and O–H groups in total. The smallest absolute Gasteiger partial charge is 0.0233 e. The van der Waals surface area contributed by atoms with E-state index in [1.807, 2.05) is 0 Å². The zero-order valence-corrected chi connectivity index (χ0v) is 29.0. The lowest BCUT2D eigenvalue weighted by Crippen LogP contribution is -2.25. The van der Waals surface area contributed by atoms with Crippen LogP contribution in [-0.4, -0.2) is 18.0 Å². The molecule has 0 atom stereocenters. The number of unbranched alkanes of at least 4 members (excludes halogenated alkanes) is 26. The molecule has 0 unspecified atom stereocenters. The summed E-state index contributed by atoms with van der Waals surface area (Å²) in [5.74, 6) is 0. The van der Waals surface area contributed by atoms with E-state index in [1.165, 1.54) is 204 Å². The van der Waals surface area contributed by atoms with Crippen molar-refractivity contribution >= 4 is 0 Å². The molecule has 2 heteroatoms. The van der Waals surface area contributed by atoms with Crippen LogP contribution in [0.15, 0.2) is 24.3 Å². The van der Waals surface area contributed by atoms with Gasteiger partial charge in [-0.05, 0) is 37.1 Å². The molecule has 246 valence electrons. The Kier molecular flexibility index (Phi) is 29.4. The molecule has 0 bridgehead atoms. The molecule has 0 saturated heterocycles. The molecule has 0 aliphatic rings. The van der Waals surface area contributed by atoms with E-state index < -0.39 is 0 Å². The average Bonchev–Trinajstić information content (AvgIpc) is 3.01. The molecule has 42 heavy (non-hydrogen) atoms. The first kappa shape index (κ1) is 39.2. The zero-order valence-electron chi connectivity index (χ0n) is 29.0. The molecule has 0 heterocycles. The first-order chi connectivity index (χ1) is 20.8. The molecule has 0 spiro atoms. The molecule has 0 amide bonds. The van der Waals surface area contributed by atoms with E-state index in [1.54, 1.807) is 0 Å². The summed E-state index contributed by atoms with van der Waals surface area (Å²) in [5, 5.41) is 0. The summed E-state index contributed by atoms with van der Waals surface area (Å²) in [4.78, 5) is 2.73. The van der Waals surface area contributed by atoms with Gasteiger partial charge in [-0.15, -0.1) is 0 Å². The van der Waals surface area contributed by atoms with Crippen LogP contribution >= 0.6 is 0 Å². The van der Waals surface area contributed by atoms with Crippen molar-refractivity contribution in [1.29, 1.82) is 0 Å². The van der Waals surface area contributed by atoms with Gasteiger partial charge in [0, 0.05) is 13.1 Å². The van der Waals surface area contributed by atoms with Gasteiger partial charge in [-0.2, -0.15) is 0 Å². The molecule has 1 rings (SSSR count). The van der Waals surface area contributed by atoms with Crippen LogP contribution in [0, 0.1) is 0 Å². The van der Waals surface area contributed by atoms with Crippen molar-refractivity contribution in [3.05, 3.63) is 35.4 Å². The fourth-order valence-electron chi connectivity index (χ4n) is 6.44. The number of nitrogens with two attached hydrogens (primary N) is 1. The maximum absolute atomic E-state index is 5.92. The minimum absolute atomic E-state index is 0.645. The summed E-state index contributed by atoms with van der Waals surface area (Å²) in [6.45, 7) is 8.85. The third-order valence-corrected chi connectivity index (χ3v) is 9.29. The van der Waals surface area contributed by atoms with Gasteiger partial charge in [0.05, 0.1) is 0 Å². The van der Waals surface area contributed by atoms with Crippen molar-refractivity contribution < 1.29 is 0 Å². The summed E-state index contributed by atoms with van der Waals surface area (Å²) in [5.41, 5.74) is 8.63. The second-order valence-corrected chi connectivity index (χ2v) is 13.5. The number of hydrogen-bond acceptors (Lipinski definition) is 2. The second-order valence-electron chi connectivity index (χ2n) is 13.5. The highest BCUT2D eigenvalue weighted by Gasteiger charge is 2.07. The normalized spacial score (nSPS) is 11.6. The summed E-state index contributed by atoms with van der Waals surface area (Å²) in [6.07, 6.45) is 40.2. The number of rotatable bonds is 33. The van der Waals surface area contributed by atoms with Gasteiger partial charge in [-0.25, -0.2) is 0 Å². The molecule has 0 radical (unpaired) electrons. The van der Waals surface area contributed by atoms with Crippen LogP contribution in [0.25, 0.3) is 0 Å². The molecule has 0 aliphatic carbocycles. The highest BCUT2D eigenvalue weighted by Crippen LogP contribution is 2.16. The predicted molar refractivity (Wildman–Crippen MR) is 190 cm³/mol. The van der Waals surface area contributed by atoms with Crippen LogP contribution in [0.5, 0.6) is 0 Å². The van der Waals surface area contributed by atoms with Crippen LogP contribution in [-0.2, 0) is 13.1 Å². The van der Waals surface area contributed by atoms with Crippen molar-refractivity contribution in [3.8, 4) is 0 Å². The van der Waals surface area contributed by atoms with Gasteiger partial charge in [0.2, 0.25) is 0 Å². The second kappa shape index (κ2) is 31.6. The first-order valence-corrected chi connectivity index (χ1v) is 19.3. The monoisotopic (exact) mass is 585 g/mol. The Balaban J connectivity index is 2.12. The predicted octanol–water partition coefficient (Wildman–Crippen LogP) is 12.9. The van der Waals surface area contributed by atoms with Gasteiger partial charge in [0.1, 0.15) is 0 Å². The lowest BCUT2D eigenvalue weighted by molar-refractivity contribution is 0.252. The van der Waals surface area contributed by atoms with E-state index in [2.05, 4.69) is 43.0 Å². The summed E-state index contributed by atoms with van der Waals surface area (Å²) in [6, 6.07) is 8.97. The third kappa shape index (κ3) is 25.6. The number of hydrogen-bond donors (Lipinski definition) is 1. The van der Waals surface area contributed by atoms with Crippen LogP contribution in [0.2, 0.25) is 0 Å². The van der Waals surface area contributed by atoms with Crippen molar-refractivity contribution in [2.24, 2.45) is 5.73 Å². The summed E-state index contributed by atoms with van der Waals surface area (Å²) >= 11 is 0. The van der Waals surface area contributed by atoms with E-state index in [0.717, 1.165) is 6.54 Å². The molecule has 1 aromatic carbocycles. The standard InChI is InChI=1S/C40H76N2/c1-3-5-7-9-11-13-15-17-19-21-23-25-27-29-34-42(38-40-33-31-32-39(36-40)37-41)35-30-28-26-24-22-20-18-16-14-12-10-8-6-4-2/h31-33,36H,3-30,34-35,37-38,41H2,1-2H3. The molecule has 2 nitrogen and oxygen atoms in total. The lowest BCUT2D eigenvalue weighted by atomic mass is 10.0. The summed E-state index contributed by atoms with van der Waals surface area (Å²) < 4.78 is 0. The van der Waals surface area contributed by atoms with Crippen molar-refractivity contribution in [1.82, 2.24) is 4.90 Å². The lowest BCUT2D eigenvalue weighted by Gasteiger charge is -2.23. The van der Waals surface area contributed by atoms with Crippen LogP contribution < -0.4 is 5.73 Å². The van der Waals surface area contributed by atoms with Gasteiger partial charge in [0.15, 0.2) is 0 Å². The van der Waals surface area contributed by atoms with Crippen LogP contribution in [0.4, 0.5) is 0 Å². The highest BCUT2D eigenvalue weighted by atomic mass is 15.1. The molecule has 0 fully saturated rings. The van der Waals surface area contributed by atoms with Crippen LogP contribution in [0.3, 0.4) is 0 Å². The fourth-order valence-corrected chi connectivity index (χ4v) is 6.44. The Morgan fingerprint density at radius 2 is 0.738 bits per heavy atom. The van der Waals surface area contributed by atoms with Gasteiger partial charge in [-0.1, -0.05) is 205 Å². The van der Waals surface area contributed by atoms with Crippen molar-refractivity contribution in [3.63, 3.8) is 0 Å². The fraction of sp³-hybridized carbons (Fsp3) is 0.850. The molecular formula is C40H76N2. The highest BCUT2D eigenvalue weighted by molar-refractivity contribution is 5.23. The molecule has 0 aromatic heterocycles. The third-order valence-electron chi connectivity index (χ3n) is 9.29. The van der Waals surface area contributed by atoms with E-state index >= 15 is 0 Å². The minimum atomic E-state index is 0.645.